The van der Waals surface area contributed by atoms with E-state index in [1.165, 1.54) is 0 Å². The second-order valence-corrected chi connectivity index (χ2v) is 4.17. The summed E-state index contributed by atoms with van der Waals surface area (Å²) in [4.78, 5) is 0. The minimum Gasteiger partial charge on any atom is -0.506 e. The Kier molecular flexibility index (Phi) is 1.73. The smallest absolute Gasteiger partial charge is 0.140 e. The van der Waals surface area contributed by atoms with Gasteiger partial charge in [0.1, 0.15) is 5.75 Å². The quantitative estimate of drug-likeness (QED) is 0.552. The minimum atomic E-state index is 0.132. The van der Waals surface area contributed by atoms with E-state index in [1.807, 2.05) is 11.4 Å². The van der Waals surface area contributed by atoms with Crippen molar-refractivity contribution < 1.29 is 5.11 Å². The molecule has 0 radical (unpaired) electrons. The van der Waals surface area contributed by atoms with Crippen LogP contribution in [-0.4, -0.2) is 5.11 Å². The summed E-state index contributed by atoms with van der Waals surface area (Å²) in [5.74, 6) is 0.132. The summed E-state index contributed by atoms with van der Waals surface area (Å²) in [6, 6.07) is 3.62. The highest BCUT2D eigenvalue weighted by Crippen LogP contribution is 2.38. The topological polar surface area (TPSA) is 46.2 Å². The van der Waals surface area contributed by atoms with Crippen molar-refractivity contribution in [2.75, 3.05) is 5.73 Å². The van der Waals surface area contributed by atoms with Crippen LogP contribution in [0.15, 0.2) is 22.0 Å². The van der Waals surface area contributed by atoms with Crippen LogP contribution in [0.5, 0.6) is 5.75 Å². The maximum absolute atomic E-state index is 9.37. The third-order valence-electron chi connectivity index (χ3n) is 1.70. The van der Waals surface area contributed by atoms with Gasteiger partial charge in [-0.25, -0.2) is 0 Å². The molecule has 0 unspecified atom stereocenters. The molecule has 0 bridgehead atoms. The van der Waals surface area contributed by atoms with Gasteiger partial charge in [-0.1, -0.05) is 0 Å². The first-order chi connectivity index (χ1) is 5.70. The fraction of sp³-hybridized carbons (Fsp3) is 0. The third-order valence-corrected chi connectivity index (χ3v) is 3.73. The molecule has 2 nitrogen and oxygen atoms in total. The van der Waals surface area contributed by atoms with Crippen molar-refractivity contribution in [3.8, 4) is 5.75 Å². The summed E-state index contributed by atoms with van der Waals surface area (Å²) in [6.45, 7) is 0. The van der Waals surface area contributed by atoms with E-state index in [-0.39, 0.29) is 5.75 Å². The molecule has 0 aliphatic rings. The van der Waals surface area contributed by atoms with Gasteiger partial charge in [-0.3, -0.25) is 0 Å². The number of nitrogens with two attached hydrogens (primary N) is 1. The lowest BCUT2D eigenvalue weighted by Crippen LogP contribution is -1.86. The molecule has 4 heteroatoms. The minimum absolute atomic E-state index is 0.132. The van der Waals surface area contributed by atoms with E-state index < -0.39 is 0 Å². The van der Waals surface area contributed by atoms with Gasteiger partial charge in [0.2, 0.25) is 0 Å². The zero-order valence-electron chi connectivity index (χ0n) is 6.04. The first-order valence-corrected chi connectivity index (χ1v) is 5.01. The van der Waals surface area contributed by atoms with Crippen molar-refractivity contribution in [3.05, 3.63) is 22.0 Å². The van der Waals surface area contributed by atoms with E-state index in [0.717, 1.165) is 14.6 Å². The van der Waals surface area contributed by atoms with Gasteiger partial charge >= 0.3 is 0 Å². The number of phenols is 1. The van der Waals surface area contributed by atoms with E-state index in [1.54, 1.807) is 17.4 Å². The summed E-state index contributed by atoms with van der Waals surface area (Å²) >= 11 is 4.93. The predicted molar refractivity (Wildman–Crippen MR) is 55.6 cm³/mol. The average Bonchev–Trinajstić information content (AvgIpc) is 2.48. The Morgan fingerprint density at radius 3 is 3.00 bits per heavy atom. The number of aromatic hydroxyl groups is 1. The van der Waals surface area contributed by atoms with Gasteiger partial charge in [0.05, 0.1) is 14.9 Å². The van der Waals surface area contributed by atoms with Crippen LogP contribution in [0.25, 0.3) is 10.1 Å². The van der Waals surface area contributed by atoms with E-state index in [9.17, 15) is 5.11 Å². The molecule has 0 fully saturated rings. The predicted octanol–water partition coefficient (Wildman–Crippen LogP) is 2.95. The van der Waals surface area contributed by atoms with E-state index >= 15 is 0 Å². The fourth-order valence-corrected chi connectivity index (χ4v) is 2.61. The summed E-state index contributed by atoms with van der Waals surface area (Å²) < 4.78 is 1.86. The average molecular weight is 244 g/mol. The fourth-order valence-electron chi connectivity index (χ4n) is 1.07. The second kappa shape index (κ2) is 2.64. The van der Waals surface area contributed by atoms with Crippen LogP contribution in [-0.2, 0) is 0 Å². The molecule has 0 saturated heterocycles. The molecule has 0 aliphatic carbocycles. The SMILES string of the molecule is Nc1c(O)cc2ccsc2c1Br. The Hall–Kier alpha value is -0.740. The van der Waals surface area contributed by atoms with Crippen LogP contribution >= 0.6 is 27.3 Å². The number of anilines is 1. The van der Waals surface area contributed by atoms with E-state index in [4.69, 9.17) is 5.73 Å². The van der Waals surface area contributed by atoms with Gasteiger partial charge in [-0.15, -0.1) is 11.3 Å². The van der Waals surface area contributed by atoms with Gasteiger partial charge in [-0.2, -0.15) is 0 Å². The third kappa shape index (κ3) is 0.990. The molecule has 12 heavy (non-hydrogen) atoms. The Morgan fingerprint density at radius 1 is 1.50 bits per heavy atom. The van der Waals surface area contributed by atoms with Gasteiger partial charge in [-0.05, 0) is 38.8 Å². The number of hydrogen-bond acceptors (Lipinski definition) is 3. The van der Waals surface area contributed by atoms with E-state index in [0.29, 0.717) is 5.69 Å². The number of benzene rings is 1. The lowest BCUT2D eigenvalue weighted by atomic mass is 10.2. The first kappa shape index (κ1) is 7.89. The van der Waals surface area contributed by atoms with Crippen LogP contribution in [0.1, 0.15) is 0 Å². The standard InChI is InChI=1S/C8H6BrNOS/c9-6-7(10)5(11)3-4-1-2-12-8(4)6/h1-3,11H,10H2. The molecule has 0 saturated carbocycles. The number of rotatable bonds is 0. The zero-order chi connectivity index (χ0) is 8.72. The van der Waals surface area contributed by atoms with Crippen molar-refractivity contribution >= 4 is 43.0 Å². The molecule has 0 aliphatic heterocycles. The number of halogens is 1. The van der Waals surface area contributed by atoms with Crippen molar-refractivity contribution in [1.82, 2.24) is 0 Å². The van der Waals surface area contributed by atoms with Gasteiger partial charge < -0.3 is 10.8 Å². The number of nitrogen functional groups attached to an aromatic ring is 1. The molecule has 0 spiro atoms. The number of thiophene rings is 1. The lowest BCUT2D eigenvalue weighted by molar-refractivity contribution is 0.478. The van der Waals surface area contributed by atoms with Gasteiger partial charge in [0, 0.05) is 0 Å². The molecule has 3 N–H and O–H groups in total. The van der Waals surface area contributed by atoms with Crippen molar-refractivity contribution in [2.24, 2.45) is 0 Å². The molecule has 0 amide bonds. The second-order valence-electron chi connectivity index (χ2n) is 2.46. The Labute approximate surface area is 81.8 Å². The summed E-state index contributed by atoms with van der Waals surface area (Å²) in [6.07, 6.45) is 0. The van der Waals surface area contributed by atoms with Crippen LogP contribution in [0.2, 0.25) is 0 Å². The molecule has 1 aromatic carbocycles. The van der Waals surface area contributed by atoms with Gasteiger partial charge in [0.15, 0.2) is 0 Å². The maximum atomic E-state index is 9.37. The number of hydrogen-bond donors (Lipinski definition) is 2. The summed E-state index contributed by atoms with van der Waals surface area (Å²) in [5.41, 5.74) is 6.02. The first-order valence-electron chi connectivity index (χ1n) is 3.34. The summed E-state index contributed by atoms with van der Waals surface area (Å²) in [5, 5.41) is 12.3. The van der Waals surface area contributed by atoms with Crippen LogP contribution in [0, 0.1) is 0 Å². The molecule has 0 atom stereocenters. The van der Waals surface area contributed by atoms with Crippen molar-refractivity contribution in [2.45, 2.75) is 0 Å². The van der Waals surface area contributed by atoms with Crippen LogP contribution in [0.3, 0.4) is 0 Å². The van der Waals surface area contributed by atoms with Gasteiger partial charge in [0.25, 0.3) is 0 Å². The molecule has 2 aromatic rings. The maximum Gasteiger partial charge on any atom is 0.140 e. The van der Waals surface area contributed by atoms with Crippen LogP contribution in [0.4, 0.5) is 5.69 Å². The zero-order valence-corrected chi connectivity index (χ0v) is 8.45. The highest BCUT2D eigenvalue weighted by atomic mass is 79.9. The normalized spacial score (nSPS) is 10.8. The largest absolute Gasteiger partial charge is 0.506 e. The lowest BCUT2D eigenvalue weighted by Gasteiger charge is -2.01. The molecule has 1 heterocycles. The Bertz CT molecular complexity index is 438. The molecule has 2 rings (SSSR count). The monoisotopic (exact) mass is 243 g/mol. The highest BCUT2D eigenvalue weighted by Gasteiger charge is 2.08. The summed E-state index contributed by atoms with van der Waals surface area (Å²) in [7, 11) is 0. The van der Waals surface area contributed by atoms with Crippen molar-refractivity contribution in [3.63, 3.8) is 0 Å². The molecular weight excluding hydrogens is 238 g/mol. The Balaban J connectivity index is 2.94. The van der Waals surface area contributed by atoms with Crippen molar-refractivity contribution in [1.29, 1.82) is 0 Å². The molecular formula is C8H6BrNOS. The van der Waals surface area contributed by atoms with E-state index in [2.05, 4.69) is 15.9 Å². The number of phenolic OH excluding ortho intramolecular Hbond substituents is 1. The molecule has 62 valence electrons. The molecule has 1 aromatic heterocycles. The van der Waals surface area contributed by atoms with Crippen LogP contribution < -0.4 is 5.73 Å². The number of fused-ring (bicyclic) bond motifs is 1. The highest BCUT2D eigenvalue weighted by molar-refractivity contribution is 9.10. The Morgan fingerprint density at radius 2 is 2.25 bits per heavy atom.